The van der Waals surface area contributed by atoms with Crippen LogP contribution in [0.25, 0.3) is 0 Å². The zero-order valence-corrected chi connectivity index (χ0v) is 12.5. The molecule has 1 fully saturated rings. The van der Waals surface area contributed by atoms with Gasteiger partial charge in [-0.05, 0) is 37.1 Å². The zero-order valence-electron chi connectivity index (χ0n) is 12.5. The Morgan fingerprint density at radius 1 is 1.21 bits per heavy atom. The van der Waals surface area contributed by atoms with E-state index in [1.54, 1.807) is 7.11 Å². The summed E-state index contributed by atoms with van der Waals surface area (Å²) in [6.45, 7) is 9.62. The Morgan fingerprint density at radius 3 is 2.32 bits per heavy atom. The molecule has 0 spiro atoms. The Labute approximate surface area is 116 Å². The van der Waals surface area contributed by atoms with E-state index < -0.39 is 0 Å². The first kappa shape index (κ1) is 14.2. The number of hydrogen-bond acceptors (Lipinski definition) is 4. The van der Waals surface area contributed by atoms with Crippen molar-refractivity contribution in [1.29, 1.82) is 0 Å². The third kappa shape index (κ3) is 3.39. The summed E-state index contributed by atoms with van der Waals surface area (Å²) in [6.07, 6.45) is 0. The van der Waals surface area contributed by atoms with Gasteiger partial charge >= 0.3 is 0 Å². The van der Waals surface area contributed by atoms with Crippen LogP contribution in [0.3, 0.4) is 0 Å². The van der Waals surface area contributed by atoms with Crippen LogP contribution in [-0.2, 0) is 0 Å². The van der Waals surface area contributed by atoms with Gasteiger partial charge < -0.3 is 15.0 Å². The standard InChI is InChI=1S/C15H25N3O/c1-12-9-14(10-13(2)15(12)19-4)17(3)11-18-7-5-16-6-8-18/h9-10,16H,5-8,11H2,1-4H3. The zero-order chi connectivity index (χ0) is 13.8. The minimum atomic E-state index is 0.979. The molecule has 0 atom stereocenters. The first-order valence-electron chi connectivity index (χ1n) is 6.91. The Morgan fingerprint density at radius 2 is 1.79 bits per heavy atom. The minimum Gasteiger partial charge on any atom is -0.496 e. The van der Waals surface area contributed by atoms with Gasteiger partial charge in [0.25, 0.3) is 0 Å². The van der Waals surface area contributed by atoms with Crippen molar-refractivity contribution in [2.75, 3.05) is 51.9 Å². The maximum Gasteiger partial charge on any atom is 0.124 e. The molecule has 4 nitrogen and oxygen atoms in total. The van der Waals surface area contributed by atoms with E-state index in [4.69, 9.17) is 4.74 Å². The molecule has 1 aromatic carbocycles. The summed E-state index contributed by atoms with van der Waals surface area (Å²) >= 11 is 0. The Balaban J connectivity index is 2.08. The highest BCUT2D eigenvalue weighted by Crippen LogP contribution is 2.28. The van der Waals surface area contributed by atoms with Crippen LogP contribution in [0.2, 0.25) is 0 Å². The third-order valence-electron chi connectivity index (χ3n) is 3.71. The molecule has 4 heteroatoms. The van der Waals surface area contributed by atoms with Crippen molar-refractivity contribution in [3.63, 3.8) is 0 Å². The van der Waals surface area contributed by atoms with Crippen LogP contribution in [0.15, 0.2) is 12.1 Å². The van der Waals surface area contributed by atoms with E-state index in [1.807, 2.05) is 0 Å². The molecule has 1 aromatic rings. The average Bonchev–Trinajstić information content (AvgIpc) is 2.39. The SMILES string of the molecule is COc1c(C)cc(N(C)CN2CCNCC2)cc1C. The summed E-state index contributed by atoms with van der Waals surface area (Å²) in [6, 6.07) is 4.40. The van der Waals surface area contributed by atoms with Crippen LogP contribution in [0.4, 0.5) is 5.69 Å². The van der Waals surface area contributed by atoms with Gasteiger partial charge in [0.05, 0.1) is 13.8 Å². The van der Waals surface area contributed by atoms with Crippen molar-refractivity contribution in [2.24, 2.45) is 0 Å². The van der Waals surface area contributed by atoms with E-state index in [1.165, 1.54) is 16.8 Å². The van der Waals surface area contributed by atoms with Gasteiger partial charge in [0.2, 0.25) is 0 Å². The lowest BCUT2D eigenvalue weighted by molar-refractivity contribution is 0.243. The molecule has 1 aliphatic rings. The summed E-state index contributed by atoms with van der Waals surface area (Å²) in [4.78, 5) is 4.79. The number of ether oxygens (including phenoxy) is 1. The van der Waals surface area contributed by atoms with Gasteiger partial charge in [-0.25, -0.2) is 0 Å². The number of rotatable bonds is 4. The highest BCUT2D eigenvalue weighted by molar-refractivity contribution is 5.56. The number of nitrogens with one attached hydrogen (secondary N) is 1. The third-order valence-corrected chi connectivity index (χ3v) is 3.71. The second-order valence-electron chi connectivity index (χ2n) is 5.32. The lowest BCUT2D eigenvalue weighted by Crippen LogP contribution is -2.47. The van der Waals surface area contributed by atoms with Crippen molar-refractivity contribution >= 4 is 5.69 Å². The van der Waals surface area contributed by atoms with Crippen LogP contribution >= 0.6 is 0 Å². The molecule has 2 rings (SSSR count). The molecule has 0 saturated carbocycles. The molecule has 1 saturated heterocycles. The Kier molecular flexibility index (Phi) is 4.66. The molecule has 1 aliphatic heterocycles. The molecule has 0 aromatic heterocycles. The number of anilines is 1. The summed E-state index contributed by atoms with van der Waals surface area (Å²) in [5.74, 6) is 0.999. The number of methoxy groups -OCH3 is 1. The highest BCUT2D eigenvalue weighted by Gasteiger charge is 2.13. The van der Waals surface area contributed by atoms with Crippen molar-refractivity contribution < 1.29 is 4.74 Å². The lowest BCUT2D eigenvalue weighted by atomic mass is 10.1. The van der Waals surface area contributed by atoms with E-state index in [0.29, 0.717) is 0 Å². The second-order valence-corrected chi connectivity index (χ2v) is 5.32. The largest absolute Gasteiger partial charge is 0.496 e. The Hall–Kier alpha value is -1.26. The monoisotopic (exact) mass is 263 g/mol. The van der Waals surface area contributed by atoms with Gasteiger partial charge in [-0.1, -0.05) is 0 Å². The first-order chi connectivity index (χ1) is 9.11. The van der Waals surface area contributed by atoms with E-state index >= 15 is 0 Å². The number of benzene rings is 1. The van der Waals surface area contributed by atoms with Crippen molar-refractivity contribution in [1.82, 2.24) is 10.2 Å². The van der Waals surface area contributed by atoms with E-state index in [0.717, 1.165) is 38.6 Å². The van der Waals surface area contributed by atoms with Crippen LogP contribution in [0.5, 0.6) is 5.75 Å². The smallest absolute Gasteiger partial charge is 0.124 e. The molecule has 106 valence electrons. The highest BCUT2D eigenvalue weighted by atomic mass is 16.5. The molecule has 0 bridgehead atoms. The molecule has 0 unspecified atom stereocenters. The van der Waals surface area contributed by atoms with E-state index in [-0.39, 0.29) is 0 Å². The van der Waals surface area contributed by atoms with Crippen LogP contribution in [-0.4, -0.2) is 51.9 Å². The van der Waals surface area contributed by atoms with Crippen LogP contribution < -0.4 is 15.0 Å². The van der Waals surface area contributed by atoms with Gasteiger partial charge in [-0.15, -0.1) is 0 Å². The van der Waals surface area contributed by atoms with Gasteiger partial charge in [-0.2, -0.15) is 0 Å². The molecular formula is C15H25N3O. The maximum absolute atomic E-state index is 5.42. The fourth-order valence-corrected chi connectivity index (χ4v) is 2.70. The Bertz CT molecular complexity index is 404. The van der Waals surface area contributed by atoms with Gasteiger partial charge in [0.1, 0.15) is 5.75 Å². The van der Waals surface area contributed by atoms with E-state index in [9.17, 15) is 0 Å². The average molecular weight is 263 g/mol. The van der Waals surface area contributed by atoms with Gasteiger partial charge in [0, 0.05) is 38.9 Å². The quantitative estimate of drug-likeness (QED) is 0.893. The number of aryl methyl sites for hydroxylation is 2. The number of piperazine rings is 1. The number of nitrogens with zero attached hydrogens (tertiary/aromatic N) is 2. The molecule has 0 amide bonds. The molecule has 19 heavy (non-hydrogen) atoms. The topological polar surface area (TPSA) is 27.7 Å². The number of hydrogen-bond donors (Lipinski definition) is 1. The van der Waals surface area contributed by atoms with E-state index in [2.05, 4.69) is 48.1 Å². The summed E-state index contributed by atoms with van der Waals surface area (Å²) in [5.41, 5.74) is 3.66. The normalized spacial score (nSPS) is 16.4. The molecular weight excluding hydrogens is 238 g/mol. The predicted octanol–water partition coefficient (Wildman–Crippen LogP) is 1.61. The van der Waals surface area contributed by atoms with Crippen LogP contribution in [0, 0.1) is 13.8 Å². The van der Waals surface area contributed by atoms with Gasteiger partial charge in [0.15, 0.2) is 0 Å². The summed E-state index contributed by atoms with van der Waals surface area (Å²) in [7, 11) is 3.89. The summed E-state index contributed by atoms with van der Waals surface area (Å²) < 4.78 is 5.42. The molecule has 1 N–H and O–H groups in total. The van der Waals surface area contributed by atoms with Crippen LogP contribution in [0.1, 0.15) is 11.1 Å². The minimum absolute atomic E-state index is 0.979. The fourth-order valence-electron chi connectivity index (χ4n) is 2.70. The fraction of sp³-hybridized carbons (Fsp3) is 0.600. The van der Waals surface area contributed by atoms with Gasteiger partial charge in [-0.3, -0.25) is 4.90 Å². The lowest BCUT2D eigenvalue weighted by Gasteiger charge is -2.32. The molecule has 0 radical (unpaired) electrons. The second kappa shape index (κ2) is 6.26. The maximum atomic E-state index is 5.42. The summed E-state index contributed by atoms with van der Waals surface area (Å²) in [5, 5.41) is 3.38. The predicted molar refractivity (Wildman–Crippen MR) is 80.2 cm³/mol. The molecule has 0 aliphatic carbocycles. The molecule has 1 heterocycles. The van der Waals surface area contributed by atoms with Crippen molar-refractivity contribution in [3.05, 3.63) is 23.3 Å². The van der Waals surface area contributed by atoms with Crippen molar-refractivity contribution in [2.45, 2.75) is 13.8 Å². The first-order valence-corrected chi connectivity index (χ1v) is 6.91. The van der Waals surface area contributed by atoms with Crippen molar-refractivity contribution in [3.8, 4) is 5.75 Å².